The summed E-state index contributed by atoms with van der Waals surface area (Å²) >= 11 is 0. The lowest BCUT2D eigenvalue weighted by atomic mass is 9.91. The fraction of sp³-hybridized carbons (Fsp3) is 0.348. The average Bonchev–Trinajstić information content (AvgIpc) is 2.67. The van der Waals surface area contributed by atoms with Gasteiger partial charge in [-0.25, -0.2) is 0 Å². The zero-order chi connectivity index (χ0) is 18.9. The van der Waals surface area contributed by atoms with Crippen molar-refractivity contribution in [1.29, 1.82) is 0 Å². The Bertz CT molecular complexity index is 707. The molecule has 0 fully saturated rings. The van der Waals surface area contributed by atoms with Crippen LogP contribution in [0.4, 0.5) is 0 Å². The second kappa shape index (κ2) is 9.81. The van der Waals surface area contributed by atoms with Crippen molar-refractivity contribution in [2.45, 2.75) is 45.6 Å². The maximum atomic E-state index is 12.0. The van der Waals surface area contributed by atoms with Crippen molar-refractivity contribution in [3.05, 3.63) is 77.9 Å². The number of carbonyl (C=O) groups is 1. The van der Waals surface area contributed by atoms with Crippen LogP contribution in [0.25, 0.3) is 5.70 Å². The Morgan fingerprint density at radius 1 is 1.04 bits per heavy atom. The minimum Gasteiger partial charge on any atom is -0.382 e. The molecule has 0 aromatic heterocycles. The van der Waals surface area contributed by atoms with E-state index in [0.29, 0.717) is 12.8 Å². The van der Waals surface area contributed by atoms with Gasteiger partial charge in [-0.2, -0.15) is 0 Å². The number of nitrogens with one attached hydrogen (secondary N) is 1. The first kappa shape index (κ1) is 19.8. The maximum absolute atomic E-state index is 12.0. The Morgan fingerprint density at radius 2 is 1.69 bits per heavy atom. The quantitative estimate of drug-likeness (QED) is 0.670. The summed E-state index contributed by atoms with van der Waals surface area (Å²) in [6.45, 7) is 8.44. The van der Waals surface area contributed by atoms with E-state index >= 15 is 0 Å². The van der Waals surface area contributed by atoms with Gasteiger partial charge in [0, 0.05) is 17.7 Å². The molecule has 0 saturated carbocycles. The van der Waals surface area contributed by atoms with Gasteiger partial charge < -0.3 is 11.1 Å². The van der Waals surface area contributed by atoms with Crippen LogP contribution in [-0.2, 0) is 17.6 Å². The molecule has 138 valence electrons. The summed E-state index contributed by atoms with van der Waals surface area (Å²) in [5.74, 6) is -0.433. The smallest absolute Gasteiger partial charge is 0.220 e. The highest BCUT2D eigenvalue weighted by Crippen LogP contribution is 2.19. The van der Waals surface area contributed by atoms with E-state index in [-0.39, 0.29) is 17.9 Å². The van der Waals surface area contributed by atoms with E-state index in [4.69, 9.17) is 5.73 Å². The molecule has 2 unspecified atom stereocenters. The Labute approximate surface area is 157 Å². The Hall–Kier alpha value is -2.55. The number of hydrogen-bond donors (Lipinski definition) is 2. The van der Waals surface area contributed by atoms with Crippen LogP contribution in [0.5, 0.6) is 0 Å². The molecule has 3 nitrogen and oxygen atoms in total. The molecule has 0 aliphatic carbocycles. The summed E-state index contributed by atoms with van der Waals surface area (Å²) in [4.78, 5) is 12.0. The van der Waals surface area contributed by atoms with Gasteiger partial charge in [0.2, 0.25) is 5.91 Å². The van der Waals surface area contributed by atoms with Crippen molar-refractivity contribution in [3.8, 4) is 0 Å². The van der Waals surface area contributed by atoms with Crippen LogP contribution < -0.4 is 11.1 Å². The van der Waals surface area contributed by atoms with E-state index in [1.807, 2.05) is 30.3 Å². The molecular formula is C23H30N2O. The van der Waals surface area contributed by atoms with Crippen molar-refractivity contribution in [2.75, 3.05) is 0 Å². The molecule has 0 radical (unpaired) electrons. The Morgan fingerprint density at radius 3 is 2.23 bits per heavy atom. The number of aryl methyl sites for hydroxylation is 1. The number of primary amides is 1. The number of rotatable bonds is 10. The predicted molar refractivity (Wildman–Crippen MR) is 110 cm³/mol. The van der Waals surface area contributed by atoms with Crippen molar-refractivity contribution < 1.29 is 4.79 Å². The Balaban J connectivity index is 2.00. The van der Waals surface area contributed by atoms with Crippen LogP contribution in [-0.4, -0.2) is 11.9 Å². The number of benzene rings is 2. The van der Waals surface area contributed by atoms with Gasteiger partial charge >= 0.3 is 0 Å². The van der Waals surface area contributed by atoms with Crippen LogP contribution in [0, 0.1) is 5.92 Å². The zero-order valence-corrected chi connectivity index (χ0v) is 15.9. The number of nitrogens with two attached hydrogens (primary N) is 1. The van der Waals surface area contributed by atoms with Crippen molar-refractivity contribution in [3.63, 3.8) is 0 Å². The van der Waals surface area contributed by atoms with Gasteiger partial charge in [-0.15, -0.1) is 0 Å². The highest BCUT2D eigenvalue weighted by Gasteiger charge is 2.21. The minimum atomic E-state index is -0.244. The molecule has 1 amide bonds. The van der Waals surface area contributed by atoms with Gasteiger partial charge in [0.15, 0.2) is 0 Å². The molecule has 0 saturated heterocycles. The molecule has 0 aliphatic heterocycles. The first-order valence-electron chi connectivity index (χ1n) is 9.41. The van der Waals surface area contributed by atoms with Crippen molar-refractivity contribution in [1.82, 2.24) is 5.32 Å². The van der Waals surface area contributed by atoms with Crippen LogP contribution in [0.2, 0.25) is 0 Å². The molecule has 2 aromatic rings. The van der Waals surface area contributed by atoms with Crippen LogP contribution in [0.3, 0.4) is 0 Å². The molecule has 2 atom stereocenters. The van der Waals surface area contributed by atoms with E-state index in [1.165, 1.54) is 5.56 Å². The summed E-state index contributed by atoms with van der Waals surface area (Å²) in [6.07, 6.45) is 3.31. The van der Waals surface area contributed by atoms with E-state index < -0.39 is 0 Å². The highest BCUT2D eigenvalue weighted by atomic mass is 16.1. The molecule has 2 aromatic carbocycles. The standard InChI is InChI=1S/C23H30N2O/c1-4-18-11-13-20(14-12-18)17(3)25-22(5-2)16-21(23(24)26)15-19-9-7-6-8-10-19/h6-14,21-22,25H,3-5,15-16H2,1-2H3,(H2,24,26). The minimum absolute atomic E-state index is 0.162. The molecule has 0 spiro atoms. The fourth-order valence-corrected chi connectivity index (χ4v) is 3.14. The normalized spacial score (nSPS) is 13.0. The maximum Gasteiger partial charge on any atom is 0.220 e. The molecule has 3 N–H and O–H groups in total. The lowest BCUT2D eigenvalue weighted by molar-refractivity contribution is -0.122. The van der Waals surface area contributed by atoms with Crippen LogP contribution in [0.1, 0.15) is 43.4 Å². The van der Waals surface area contributed by atoms with E-state index in [9.17, 15) is 4.79 Å². The lowest BCUT2D eigenvalue weighted by Crippen LogP contribution is -2.35. The number of amides is 1. The second-order valence-corrected chi connectivity index (χ2v) is 6.80. The molecule has 2 rings (SSSR count). The first-order chi connectivity index (χ1) is 12.5. The fourth-order valence-electron chi connectivity index (χ4n) is 3.14. The number of carbonyl (C=O) groups excluding carboxylic acids is 1. The predicted octanol–water partition coefficient (Wildman–Crippen LogP) is 4.32. The summed E-state index contributed by atoms with van der Waals surface area (Å²) in [5.41, 5.74) is 10.1. The van der Waals surface area contributed by atoms with Crippen molar-refractivity contribution in [2.24, 2.45) is 11.7 Å². The van der Waals surface area contributed by atoms with Gasteiger partial charge in [-0.3, -0.25) is 4.79 Å². The van der Waals surface area contributed by atoms with Gasteiger partial charge in [0.05, 0.1) is 0 Å². The van der Waals surface area contributed by atoms with Gasteiger partial charge in [0.25, 0.3) is 0 Å². The zero-order valence-electron chi connectivity index (χ0n) is 15.9. The number of hydrogen-bond acceptors (Lipinski definition) is 2. The van der Waals surface area contributed by atoms with Gasteiger partial charge in [-0.1, -0.05) is 75.0 Å². The van der Waals surface area contributed by atoms with E-state index in [1.54, 1.807) is 0 Å². The second-order valence-electron chi connectivity index (χ2n) is 6.80. The van der Waals surface area contributed by atoms with E-state index in [2.05, 4.69) is 50.0 Å². The van der Waals surface area contributed by atoms with Crippen molar-refractivity contribution >= 4 is 11.6 Å². The highest BCUT2D eigenvalue weighted by molar-refractivity contribution is 5.77. The molecule has 3 heteroatoms. The van der Waals surface area contributed by atoms with Crippen LogP contribution in [0.15, 0.2) is 61.2 Å². The van der Waals surface area contributed by atoms with E-state index in [0.717, 1.165) is 29.7 Å². The molecule has 0 aliphatic rings. The van der Waals surface area contributed by atoms with Crippen LogP contribution >= 0.6 is 0 Å². The molecule has 26 heavy (non-hydrogen) atoms. The average molecular weight is 351 g/mol. The molecule has 0 heterocycles. The third-order valence-electron chi connectivity index (χ3n) is 4.88. The molecular weight excluding hydrogens is 320 g/mol. The Kier molecular flexibility index (Phi) is 7.46. The summed E-state index contributed by atoms with van der Waals surface area (Å²) in [6, 6.07) is 18.6. The largest absolute Gasteiger partial charge is 0.382 e. The lowest BCUT2D eigenvalue weighted by Gasteiger charge is -2.24. The van der Waals surface area contributed by atoms with Gasteiger partial charge in [0.1, 0.15) is 0 Å². The third-order valence-corrected chi connectivity index (χ3v) is 4.88. The first-order valence-corrected chi connectivity index (χ1v) is 9.41. The summed E-state index contributed by atoms with van der Waals surface area (Å²) < 4.78 is 0. The van der Waals surface area contributed by atoms with Gasteiger partial charge in [-0.05, 0) is 42.4 Å². The SMILES string of the molecule is C=C(NC(CC)CC(Cc1ccccc1)C(N)=O)c1ccc(CC)cc1. The topological polar surface area (TPSA) is 55.1 Å². The summed E-state index contributed by atoms with van der Waals surface area (Å²) in [5, 5.41) is 3.49. The summed E-state index contributed by atoms with van der Waals surface area (Å²) in [7, 11) is 0. The molecule has 0 bridgehead atoms. The monoisotopic (exact) mass is 350 g/mol. The third kappa shape index (κ3) is 5.76.